The molecule has 1 aliphatic heterocycles. The number of hydrogen-bond donors (Lipinski definition) is 2. The summed E-state index contributed by atoms with van der Waals surface area (Å²) in [6.45, 7) is 3.90. The van der Waals surface area contributed by atoms with Crippen LogP contribution in [0, 0.1) is 0 Å². The molecule has 1 rings (SSSR count). The highest BCUT2D eigenvalue weighted by molar-refractivity contribution is 5.81. The van der Waals surface area contributed by atoms with Crippen LogP contribution in [0.3, 0.4) is 0 Å². The van der Waals surface area contributed by atoms with Crippen molar-refractivity contribution in [3.05, 3.63) is 0 Å². The zero-order valence-electron chi connectivity index (χ0n) is 8.12. The lowest BCUT2D eigenvalue weighted by atomic mass is 10.2. The number of carbonyl (C=O) groups is 1. The highest BCUT2D eigenvalue weighted by atomic mass is 16.5. The third-order valence-corrected chi connectivity index (χ3v) is 2.10. The Kier molecular flexibility index (Phi) is 3.69. The predicted octanol–water partition coefficient (Wildman–Crippen LogP) is 0.0509. The summed E-state index contributed by atoms with van der Waals surface area (Å²) < 4.78 is 5.36. The number of ether oxygens (including phenoxy) is 1. The standard InChI is InChI=1S/C9H17NO3/c1-6(11)5-10-9(12)8-4-3-7(2)13-8/h6-8,11H,3-5H2,1-2H3,(H,10,12)/t6-,7?,8?/m0/s1. The summed E-state index contributed by atoms with van der Waals surface area (Å²) in [5, 5.41) is 11.6. The first-order valence-corrected chi connectivity index (χ1v) is 4.71. The second-order valence-corrected chi connectivity index (χ2v) is 3.61. The fourth-order valence-corrected chi connectivity index (χ4v) is 1.36. The second kappa shape index (κ2) is 4.58. The van der Waals surface area contributed by atoms with Crippen LogP contribution >= 0.6 is 0 Å². The maximum Gasteiger partial charge on any atom is 0.249 e. The zero-order chi connectivity index (χ0) is 9.84. The van der Waals surface area contributed by atoms with Crippen LogP contribution in [0.4, 0.5) is 0 Å². The van der Waals surface area contributed by atoms with E-state index in [0.29, 0.717) is 6.54 Å². The predicted molar refractivity (Wildman–Crippen MR) is 48.3 cm³/mol. The maximum absolute atomic E-state index is 11.3. The summed E-state index contributed by atoms with van der Waals surface area (Å²) >= 11 is 0. The maximum atomic E-state index is 11.3. The van der Waals surface area contributed by atoms with E-state index in [0.717, 1.165) is 12.8 Å². The Balaban J connectivity index is 2.24. The summed E-state index contributed by atoms with van der Waals surface area (Å²) in [4.78, 5) is 11.3. The van der Waals surface area contributed by atoms with Crippen LogP contribution in [0.5, 0.6) is 0 Å². The summed E-state index contributed by atoms with van der Waals surface area (Å²) in [6, 6.07) is 0. The minimum atomic E-state index is -0.497. The molecule has 0 bridgehead atoms. The van der Waals surface area contributed by atoms with Gasteiger partial charge in [-0.2, -0.15) is 0 Å². The van der Waals surface area contributed by atoms with E-state index in [-0.39, 0.29) is 18.1 Å². The van der Waals surface area contributed by atoms with Crippen molar-refractivity contribution < 1.29 is 14.6 Å². The molecule has 0 aromatic heterocycles. The molecule has 0 radical (unpaired) electrons. The molecular formula is C9H17NO3. The highest BCUT2D eigenvalue weighted by Crippen LogP contribution is 2.18. The lowest BCUT2D eigenvalue weighted by Gasteiger charge is -2.12. The van der Waals surface area contributed by atoms with Crippen molar-refractivity contribution in [2.24, 2.45) is 0 Å². The van der Waals surface area contributed by atoms with Crippen molar-refractivity contribution >= 4 is 5.91 Å². The van der Waals surface area contributed by atoms with E-state index in [9.17, 15) is 4.79 Å². The SMILES string of the molecule is CC1CCC(C(=O)NC[C@H](C)O)O1. The topological polar surface area (TPSA) is 58.6 Å². The molecule has 2 N–H and O–H groups in total. The molecule has 2 unspecified atom stereocenters. The van der Waals surface area contributed by atoms with E-state index in [2.05, 4.69) is 5.32 Å². The van der Waals surface area contributed by atoms with Crippen molar-refractivity contribution in [1.82, 2.24) is 5.32 Å². The van der Waals surface area contributed by atoms with Gasteiger partial charge in [-0.1, -0.05) is 0 Å². The Morgan fingerprint density at radius 2 is 2.38 bits per heavy atom. The molecule has 1 fully saturated rings. The van der Waals surface area contributed by atoms with Gasteiger partial charge in [-0.3, -0.25) is 4.79 Å². The molecule has 13 heavy (non-hydrogen) atoms. The van der Waals surface area contributed by atoms with Crippen LogP contribution in [-0.2, 0) is 9.53 Å². The average molecular weight is 187 g/mol. The number of aliphatic hydroxyl groups excluding tert-OH is 1. The normalized spacial score (nSPS) is 30.1. The number of hydrogen-bond acceptors (Lipinski definition) is 3. The molecule has 0 saturated carbocycles. The molecule has 1 heterocycles. The van der Waals surface area contributed by atoms with Gasteiger partial charge in [0.2, 0.25) is 5.91 Å². The van der Waals surface area contributed by atoms with Crippen molar-refractivity contribution in [3.8, 4) is 0 Å². The van der Waals surface area contributed by atoms with E-state index in [1.165, 1.54) is 0 Å². The highest BCUT2D eigenvalue weighted by Gasteiger charge is 2.27. The van der Waals surface area contributed by atoms with Crippen molar-refractivity contribution in [3.63, 3.8) is 0 Å². The molecule has 76 valence electrons. The largest absolute Gasteiger partial charge is 0.392 e. The first-order valence-electron chi connectivity index (χ1n) is 4.71. The molecule has 4 nitrogen and oxygen atoms in total. The molecule has 0 spiro atoms. The number of carbonyl (C=O) groups excluding carboxylic acids is 1. The number of nitrogens with one attached hydrogen (secondary N) is 1. The first-order chi connectivity index (χ1) is 6.09. The third-order valence-electron chi connectivity index (χ3n) is 2.10. The van der Waals surface area contributed by atoms with E-state index >= 15 is 0 Å². The smallest absolute Gasteiger partial charge is 0.249 e. The Bertz CT molecular complexity index is 182. The molecule has 0 aliphatic carbocycles. The molecule has 1 amide bonds. The van der Waals surface area contributed by atoms with Crippen molar-refractivity contribution in [2.45, 2.75) is 45.0 Å². The molecule has 3 atom stereocenters. The second-order valence-electron chi connectivity index (χ2n) is 3.61. The third kappa shape index (κ3) is 3.32. The first kappa shape index (κ1) is 10.5. The van der Waals surface area contributed by atoms with Gasteiger partial charge in [0.05, 0.1) is 12.2 Å². The number of amides is 1. The van der Waals surface area contributed by atoms with E-state index in [4.69, 9.17) is 9.84 Å². The monoisotopic (exact) mass is 187 g/mol. The van der Waals surface area contributed by atoms with E-state index < -0.39 is 6.10 Å². The zero-order valence-corrected chi connectivity index (χ0v) is 8.12. The molecule has 1 saturated heterocycles. The Morgan fingerprint density at radius 1 is 1.69 bits per heavy atom. The van der Waals surface area contributed by atoms with Gasteiger partial charge in [0.25, 0.3) is 0 Å². The van der Waals surface area contributed by atoms with Gasteiger partial charge < -0.3 is 15.2 Å². The Hall–Kier alpha value is -0.610. The number of aliphatic hydroxyl groups is 1. The molecule has 1 aliphatic rings. The van der Waals surface area contributed by atoms with Crippen LogP contribution in [0.15, 0.2) is 0 Å². The average Bonchev–Trinajstić information content (AvgIpc) is 2.47. The van der Waals surface area contributed by atoms with Gasteiger partial charge in [0.15, 0.2) is 0 Å². The summed E-state index contributed by atoms with van der Waals surface area (Å²) in [5.41, 5.74) is 0. The quantitative estimate of drug-likeness (QED) is 0.656. The van der Waals surface area contributed by atoms with Gasteiger partial charge in [-0.15, -0.1) is 0 Å². The van der Waals surface area contributed by atoms with Gasteiger partial charge >= 0.3 is 0 Å². The number of rotatable bonds is 3. The Labute approximate surface area is 78.3 Å². The van der Waals surface area contributed by atoms with E-state index in [1.54, 1.807) is 6.92 Å². The van der Waals surface area contributed by atoms with Crippen molar-refractivity contribution in [1.29, 1.82) is 0 Å². The minimum absolute atomic E-state index is 0.106. The van der Waals surface area contributed by atoms with E-state index in [1.807, 2.05) is 6.92 Å². The van der Waals surface area contributed by atoms with Crippen LogP contribution < -0.4 is 5.32 Å². The summed E-state index contributed by atoms with van der Waals surface area (Å²) in [6.07, 6.45) is 1.10. The lowest BCUT2D eigenvalue weighted by molar-refractivity contribution is -0.132. The lowest BCUT2D eigenvalue weighted by Crippen LogP contribution is -2.38. The fraction of sp³-hybridized carbons (Fsp3) is 0.889. The van der Waals surface area contributed by atoms with Crippen LogP contribution in [0.2, 0.25) is 0 Å². The summed E-state index contributed by atoms with van der Waals surface area (Å²) in [5.74, 6) is -0.106. The van der Waals surface area contributed by atoms with Crippen LogP contribution in [0.25, 0.3) is 0 Å². The fourth-order valence-electron chi connectivity index (χ4n) is 1.36. The van der Waals surface area contributed by atoms with Gasteiger partial charge in [0.1, 0.15) is 6.10 Å². The molecular weight excluding hydrogens is 170 g/mol. The molecule has 4 heteroatoms. The van der Waals surface area contributed by atoms with Crippen LogP contribution in [0.1, 0.15) is 26.7 Å². The van der Waals surface area contributed by atoms with Crippen LogP contribution in [-0.4, -0.2) is 35.9 Å². The van der Waals surface area contributed by atoms with Gasteiger partial charge in [0, 0.05) is 6.54 Å². The van der Waals surface area contributed by atoms with Crippen molar-refractivity contribution in [2.75, 3.05) is 6.54 Å². The van der Waals surface area contributed by atoms with Gasteiger partial charge in [-0.25, -0.2) is 0 Å². The minimum Gasteiger partial charge on any atom is -0.392 e. The van der Waals surface area contributed by atoms with Gasteiger partial charge in [-0.05, 0) is 26.7 Å². The molecule has 0 aromatic carbocycles. The molecule has 0 aromatic rings. The summed E-state index contributed by atoms with van der Waals surface area (Å²) in [7, 11) is 0. The Morgan fingerprint density at radius 3 is 2.85 bits per heavy atom.